The average molecular weight is 184 g/mol. The summed E-state index contributed by atoms with van der Waals surface area (Å²) >= 11 is 5.04. The molecule has 5 heteroatoms. The van der Waals surface area contributed by atoms with Gasteiger partial charge in [0.2, 0.25) is 10.0 Å². The van der Waals surface area contributed by atoms with E-state index >= 15 is 0 Å². The molecule has 0 heterocycles. The molecule has 1 aliphatic carbocycles. The zero-order valence-corrected chi connectivity index (χ0v) is 7.08. The smallest absolute Gasteiger partial charge is 0.211 e. The monoisotopic (exact) mass is 183 g/mol. The van der Waals surface area contributed by atoms with Crippen molar-refractivity contribution in [3.8, 4) is 0 Å². The highest BCUT2D eigenvalue weighted by Gasteiger charge is 2.27. The summed E-state index contributed by atoms with van der Waals surface area (Å²) in [6, 6.07) is 0. The Morgan fingerprint density at radius 3 is 2.20 bits per heavy atom. The zero-order chi connectivity index (χ0) is 7.61. The third-order valence-corrected chi connectivity index (χ3v) is 4.06. The van der Waals surface area contributed by atoms with Gasteiger partial charge in [-0.2, -0.15) is 0 Å². The lowest BCUT2D eigenvalue weighted by Crippen LogP contribution is -2.26. The summed E-state index contributed by atoms with van der Waals surface area (Å²) in [5.74, 6) is 0. The van der Waals surface area contributed by atoms with Crippen molar-refractivity contribution in [3.05, 3.63) is 0 Å². The van der Waals surface area contributed by atoms with Gasteiger partial charge >= 0.3 is 0 Å². The molecule has 1 fully saturated rings. The van der Waals surface area contributed by atoms with Crippen LogP contribution in [0.2, 0.25) is 0 Å². The van der Waals surface area contributed by atoms with E-state index in [1.807, 2.05) is 4.24 Å². The Morgan fingerprint density at radius 2 is 1.80 bits per heavy atom. The van der Waals surface area contributed by atoms with Crippen LogP contribution < -0.4 is 4.24 Å². The maximum Gasteiger partial charge on any atom is 0.227 e. The molecule has 0 radical (unpaired) electrons. The predicted octanol–water partition coefficient (Wildman–Crippen LogP) is 1.00. The minimum Gasteiger partial charge on any atom is -0.211 e. The van der Waals surface area contributed by atoms with Crippen molar-refractivity contribution in [1.82, 2.24) is 4.24 Å². The van der Waals surface area contributed by atoms with E-state index in [1.165, 1.54) is 0 Å². The molecule has 1 aliphatic rings. The summed E-state index contributed by atoms with van der Waals surface area (Å²) in [5, 5.41) is -0.245. The molecule has 10 heavy (non-hydrogen) atoms. The Hall–Kier alpha value is 0.200. The summed E-state index contributed by atoms with van der Waals surface area (Å²) in [4.78, 5) is 0. The SMILES string of the molecule is O=S(=O)(NCl)C1CCCC1. The molecular formula is C5H10ClNO2S. The molecule has 0 amide bonds. The highest BCUT2D eigenvalue weighted by atomic mass is 35.5. The summed E-state index contributed by atoms with van der Waals surface area (Å²) in [6.45, 7) is 0. The lowest BCUT2D eigenvalue weighted by Gasteiger charge is -2.06. The van der Waals surface area contributed by atoms with E-state index < -0.39 is 10.0 Å². The van der Waals surface area contributed by atoms with E-state index in [1.54, 1.807) is 0 Å². The van der Waals surface area contributed by atoms with Gasteiger partial charge in [-0.1, -0.05) is 12.8 Å². The Balaban J connectivity index is 2.63. The van der Waals surface area contributed by atoms with Crippen molar-refractivity contribution >= 4 is 21.8 Å². The van der Waals surface area contributed by atoms with Crippen LogP contribution in [0.3, 0.4) is 0 Å². The maximum absolute atomic E-state index is 11.0. The fourth-order valence-electron chi connectivity index (χ4n) is 1.26. The highest BCUT2D eigenvalue weighted by Crippen LogP contribution is 2.23. The second-order valence-electron chi connectivity index (χ2n) is 2.53. The van der Waals surface area contributed by atoms with Crippen LogP contribution in [0.25, 0.3) is 0 Å². The molecule has 0 saturated heterocycles. The first-order valence-corrected chi connectivity index (χ1v) is 5.20. The third kappa shape index (κ3) is 1.62. The van der Waals surface area contributed by atoms with Gasteiger partial charge in [0.1, 0.15) is 0 Å². The molecule has 0 aliphatic heterocycles. The van der Waals surface area contributed by atoms with Gasteiger partial charge in [0.25, 0.3) is 0 Å². The number of rotatable bonds is 2. The largest absolute Gasteiger partial charge is 0.227 e. The standard InChI is InChI=1S/C5H10ClNO2S/c6-7-10(8,9)5-3-1-2-4-5/h5,7H,1-4H2. The topological polar surface area (TPSA) is 46.2 Å². The molecule has 1 rings (SSSR count). The highest BCUT2D eigenvalue weighted by molar-refractivity contribution is 7.91. The van der Waals surface area contributed by atoms with Gasteiger partial charge in [0.15, 0.2) is 0 Å². The minimum absolute atomic E-state index is 0.245. The molecule has 0 aromatic rings. The maximum atomic E-state index is 11.0. The fourth-order valence-corrected chi connectivity index (χ4v) is 2.72. The van der Waals surface area contributed by atoms with Crippen molar-refractivity contribution in [1.29, 1.82) is 0 Å². The molecule has 0 bridgehead atoms. The Kier molecular flexibility index (Phi) is 2.55. The van der Waals surface area contributed by atoms with Gasteiger partial charge < -0.3 is 0 Å². The molecule has 60 valence electrons. The van der Waals surface area contributed by atoms with Crippen molar-refractivity contribution in [2.45, 2.75) is 30.9 Å². The van der Waals surface area contributed by atoms with Crippen LogP contribution in [0.5, 0.6) is 0 Å². The van der Waals surface area contributed by atoms with Gasteiger partial charge in [0.05, 0.1) is 5.25 Å². The van der Waals surface area contributed by atoms with Gasteiger partial charge in [-0.15, -0.1) is 4.24 Å². The van der Waals surface area contributed by atoms with Gasteiger partial charge in [0, 0.05) is 0 Å². The summed E-state index contributed by atoms with van der Waals surface area (Å²) in [7, 11) is -3.18. The van der Waals surface area contributed by atoms with Crippen LogP contribution in [-0.4, -0.2) is 13.7 Å². The molecule has 0 atom stereocenters. The van der Waals surface area contributed by atoms with E-state index in [4.69, 9.17) is 11.8 Å². The minimum atomic E-state index is -3.18. The molecule has 1 saturated carbocycles. The van der Waals surface area contributed by atoms with Crippen molar-refractivity contribution in [3.63, 3.8) is 0 Å². The van der Waals surface area contributed by atoms with E-state index in [0.717, 1.165) is 25.7 Å². The lowest BCUT2D eigenvalue weighted by molar-refractivity contribution is 0.577. The van der Waals surface area contributed by atoms with Gasteiger partial charge in [-0.3, -0.25) is 0 Å². The van der Waals surface area contributed by atoms with Crippen LogP contribution in [0.15, 0.2) is 0 Å². The first-order valence-electron chi connectivity index (χ1n) is 3.28. The second kappa shape index (κ2) is 3.07. The number of hydrogen-bond donors (Lipinski definition) is 1. The van der Waals surface area contributed by atoms with Crippen LogP contribution in [0, 0.1) is 0 Å². The van der Waals surface area contributed by atoms with Crippen molar-refractivity contribution in [2.75, 3.05) is 0 Å². The molecule has 0 aromatic heterocycles. The van der Waals surface area contributed by atoms with Crippen LogP contribution in [0.1, 0.15) is 25.7 Å². The lowest BCUT2D eigenvalue weighted by atomic mass is 10.4. The first-order chi connectivity index (χ1) is 4.67. The Bertz CT molecular complexity index is 196. The summed E-state index contributed by atoms with van der Waals surface area (Å²) in [6.07, 6.45) is 3.51. The van der Waals surface area contributed by atoms with Crippen LogP contribution >= 0.6 is 11.8 Å². The van der Waals surface area contributed by atoms with Crippen molar-refractivity contribution in [2.24, 2.45) is 0 Å². The molecule has 1 N–H and O–H groups in total. The van der Waals surface area contributed by atoms with Crippen LogP contribution in [-0.2, 0) is 10.0 Å². The van der Waals surface area contributed by atoms with Crippen LogP contribution in [0.4, 0.5) is 0 Å². The van der Waals surface area contributed by atoms with E-state index in [0.29, 0.717) is 0 Å². The van der Waals surface area contributed by atoms with E-state index in [2.05, 4.69) is 0 Å². The number of hydrogen-bond acceptors (Lipinski definition) is 2. The van der Waals surface area contributed by atoms with Gasteiger partial charge in [-0.05, 0) is 24.6 Å². The number of halogens is 1. The van der Waals surface area contributed by atoms with E-state index in [9.17, 15) is 8.42 Å². The molecule has 0 spiro atoms. The Labute approximate surface area is 65.9 Å². The zero-order valence-electron chi connectivity index (χ0n) is 5.51. The summed E-state index contributed by atoms with van der Waals surface area (Å²) in [5.41, 5.74) is 0. The summed E-state index contributed by atoms with van der Waals surface area (Å²) < 4.78 is 23.7. The molecular weight excluding hydrogens is 174 g/mol. The average Bonchev–Trinajstić information content (AvgIpc) is 2.38. The number of nitrogens with one attached hydrogen (secondary N) is 1. The quantitative estimate of drug-likeness (QED) is 0.650. The first kappa shape index (κ1) is 8.30. The normalized spacial score (nSPS) is 21.7. The Morgan fingerprint density at radius 1 is 1.30 bits per heavy atom. The van der Waals surface area contributed by atoms with Crippen molar-refractivity contribution < 1.29 is 8.42 Å². The third-order valence-electron chi connectivity index (χ3n) is 1.85. The second-order valence-corrected chi connectivity index (χ2v) is 4.90. The van der Waals surface area contributed by atoms with Gasteiger partial charge in [-0.25, -0.2) is 8.42 Å². The van der Waals surface area contributed by atoms with E-state index in [-0.39, 0.29) is 5.25 Å². The molecule has 0 unspecified atom stereocenters. The fraction of sp³-hybridized carbons (Fsp3) is 1.00. The number of sulfonamides is 1. The molecule has 3 nitrogen and oxygen atoms in total. The predicted molar refractivity (Wildman–Crippen MR) is 40.2 cm³/mol. The molecule has 0 aromatic carbocycles.